The van der Waals surface area contributed by atoms with Crippen molar-refractivity contribution in [3.8, 4) is 0 Å². The first kappa shape index (κ1) is 18.3. The van der Waals surface area contributed by atoms with Crippen LogP contribution in [-0.2, 0) is 4.74 Å². The minimum atomic E-state index is -0.417. The fraction of sp³-hybridized carbons (Fsp3) is 0.842. The van der Waals surface area contributed by atoms with Crippen LogP contribution < -0.4 is 5.32 Å². The molecule has 1 saturated heterocycles. The molecule has 4 nitrogen and oxygen atoms in total. The smallest absolute Gasteiger partial charge is 0.410 e. The molecule has 3 unspecified atom stereocenters. The highest BCUT2D eigenvalue weighted by Crippen LogP contribution is 2.27. The number of amides is 1. The van der Waals surface area contributed by atoms with Gasteiger partial charge in [0.05, 0.1) is 0 Å². The Morgan fingerprint density at radius 3 is 2.83 bits per heavy atom. The number of piperidine rings is 1. The SMILES string of the molecule is CC1=CC(C)CC(CNC2CCCN(C(=O)OC(C)(C)C)C2)C1. The van der Waals surface area contributed by atoms with Gasteiger partial charge in [-0.3, -0.25) is 0 Å². The molecule has 3 atom stereocenters. The zero-order valence-electron chi connectivity index (χ0n) is 15.5. The molecule has 0 aromatic heterocycles. The van der Waals surface area contributed by atoms with E-state index in [1.807, 2.05) is 25.7 Å². The molecule has 4 heteroatoms. The largest absolute Gasteiger partial charge is 0.444 e. The van der Waals surface area contributed by atoms with E-state index in [0.29, 0.717) is 12.0 Å². The molecule has 1 N–H and O–H groups in total. The minimum Gasteiger partial charge on any atom is -0.444 e. The van der Waals surface area contributed by atoms with E-state index in [9.17, 15) is 4.79 Å². The van der Waals surface area contributed by atoms with Gasteiger partial charge in [0.2, 0.25) is 0 Å². The lowest BCUT2D eigenvalue weighted by Gasteiger charge is -2.35. The van der Waals surface area contributed by atoms with E-state index in [-0.39, 0.29) is 6.09 Å². The van der Waals surface area contributed by atoms with E-state index >= 15 is 0 Å². The Balaban J connectivity index is 1.78. The number of likely N-dealkylation sites (tertiary alicyclic amines) is 1. The van der Waals surface area contributed by atoms with Crippen LogP contribution in [0.15, 0.2) is 11.6 Å². The number of carbonyl (C=O) groups excluding carboxylic acids is 1. The number of hydrogen-bond acceptors (Lipinski definition) is 3. The Labute approximate surface area is 141 Å². The molecule has 0 aromatic carbocycles. The highest BCUT2D eigenvalue weighted by molar-refractivity contribution is 5.68. The summed E-state index contributed by atoms with van der Waals surface area (Å²) in [6, 6.07) is 0.401. The summed E-state index contributed by atoms with van der Waals surface area (Å²) in [4.78, 5) is 14.1. The van der Waals surface area contributed by atoms with Crippen molar-refractivity contribution in [3.05, 3.63) is 11.6 Å². The summed E-state index contributed by atoms with van der Waals surface area (Å²) in [5.74, 6) is 1.42. The van der Waals surface area contributed by atoms with Crippen molar-refractivity contribution in [2.75, 3.05) is 19.6 Å². The maximum Gasteiger partial charge on any atom is 0.410 e. The molecule has 2 rings (SSSR count). The Morgan fingerprint density at radius 1 is 1.43 bits per heavy atom. The molecule has 1 fully saturated rings. The second-order valence-electron chi connectivity index (χ2n) is 8.47. The second kappa shape index (κ2) is 7.69. The van der Waals surface area contributed by atoms with Gasteiger partial charge >= 0.3 is 6.09 Å². The monoisotopic (exact) mass is 322 g/mol. The molecule has 0 radical (unpaired) electrons. The van der Waals surface area contributed by atoms with Crippen molar-refractivity contribution >= 4 is 6.09 Å². The molecule has 0 spiro atoms. The van der Waals surface area contributed by atoms with Crippen LogP contribution >= 0.6 is 0 Å². The van der Waals surface area contributed by atoms with Crippen molar-refractivity contribution in [2.45, 2.75) is 71.9 Å². The Bertz CT molecular complexity index is 439. The summed E-state index contributed by atoms with van der Waals surface area (Å²) >= 11 is 0. The third-order valence-corrected chi connectivity index (χ3v) is 4.65. The predicted octanol–water partition coefficient (Wildman–Crippen LogP) is 3.97. The van der Waals surface area contributed by atoms with E-state index in [0.717, 1.165) is 38.4 Å². The van der Waals surface area contributed by atoms with Crippen LogP contribution in [0.25, 0.3) is 0 Å². The maximum atomic E-state index is 12.2. The van der Waals surface area contributed by atoms with E-state index in [1.54, 1.807) is 0 Å². The topological polar surface area (TPSA) is 41.6 Å². The standard InChI is InChI=1S/C19H34N2O2/c1-14-9-15(2)11-16(10-14)12-20-17-7-6-8-21(13-17)18(22)23-19(3,4)5/h9,14,16-17,20H,6-8,10-13H2,1-5H3. The van der Waals surface area contributed by atoms with Crippen molar-refractivity contribution < 1.29 is 9.53 Å². The fourth-order valence-corrected chi connectivity index (χ4v) is 3.81. The lowest BCUT2D eigenvalue weighted by Crippen LogP contribution is -2.50. The Morgan fingerprint density at radius 2 is 2.17 bits per heavy atom. The summed E-state index contributed by atoms with van der Waals surface area (Å²) in [7, 11) is 0. The van der Waals surface area contributed by atoms with Crippen molar-refractivity contribution in [1.29, 1.82) is 0 Å². The van der Waals surface area contributed by atoms with E-state index < -0.39 is 5.60 Å². The molecule has 0 saturated carbocycles. The van der Waals surface area contributed by atoms with Gasteiger partial charge in [0.1, 0.15) is 5.60 Å². The molecule has 0 aromatic rings. The van der Waals surface area contributed by atoms with Crippen molar-refractivity contribution in [3.63, 3.8) is 0 Å². The van der Waals surface area contributed by atoms with Gasteiger partial charge in [0, 0.05) is 19.1 Å². The quantitative estimate of drug-likeness (QED) is 0.799. The van der Waals surface area contributed by atoms with Gasteiger partial charge in [-0.15, -0.1) is 0 Å². The maximum absolute atomic E-state index is 12.2. The van der Waals surface area contributed by atoms with Gasteiger partial charge in [-0.2, -0.15) is 0 Å². The molecular formula is C19H34N2O2. The lowest BCUT2D eigenvalue weighted by molar-refractivity contribution is 0.0186. The summed E-state index contributed by atoms with van der Waals surface area (Å²) < 4.78 is 5.50. The third-order valence-electron chi connectivity index (χ3n) is 4.65. The molecule has 0 bridgehead atoms. The number of nitrogens with zero attached hydrogens (tertiary/aromatic N) is 1. The second-order valence-corrected chi connectivity index (χ2v) is 8.47. The molecule has 1 aliphatic carbocycles. The average Bonchev–Trinajstić information content (AvgIpc) is 2.43. The molecule has 1 heterocycles. The summed E-state index contributed by atoms with van der Waals surface area (Å²) in [6.45, 7) is 13.0. The summed E-state index contributed by atoms with van der Waals surface area (Å²) in [5.41, 5.74) is 1.11. The molecular weight excluding hydrogens is 288 g/mol. The minimum absolute atomic E-state index is 0.172. The highest BCUT2D eigenvalue weighted by atomic mass is 16.6. The van der Waals surface area contributed by atoms with E-state index in [2.05, 4.69) is 25.2 Å². The van der Waals surface area contributed by atoms with E-state index in [1.165, 1.54) is 18.4 Å². The molecule has 1 aliphatic heterocycles. The van der Waals surface area contributed by atoms with Gasteiger partial charge in [0.25, 0.3) is 0 Å². The van der Waals surface area contributed by atoms with Crippen LogP contribution in [0, 0.1) is 11.8 Å². The molecule has 1 amide bonds. The zero-order chi connectivity index (χ0) is 17.0. The van der Waals surface area contributed by atoms with Crippen molar-refractivity contribution in [1.82, 2.24) is 10.2 Å². The first-order valence-electron chi connectivity index (χ1n) is 9.11. The first-order chi connectivity index (χ1) is 10.7. The number of carbonyl (C=O) groups is 1. The van der Waals surface area contributed by atoms with Gasteiger partial charge < -0.3 is 15.0 Å². The molecule has 2 aliphatic rings. The number of nitrogens with one attached hydrogen (secondary N) is 1. The van der Waals surface area contributed by atoms with Crippen LogP contribution in [0.2, 0.25) is 0 Å². The van der Waals surface area contributed by atoms with Crippen LogP contribution in [0.5, 0.6) is 0 Å². The van der Waals surface area contributed by atoms with Gasteiger partial charge in [-0.05, 0) is 71.8 Å². The molecule has 23 heavy (non-hydrogen) atoms. The van der Waals surface area contributed by atoms with Gasteiger partial charge in [-0.25, -0.2) is 4.79 Å². The van der Waals surface area contributed by atoms with Crippen LogP contribution in [0.4, 0.5) is 4.79 Å². The normalized spacial score (nSPS) is 29.2. The average molecular weight is 322 g/mol. The van der Waals surface area contributed by atoms with Crippen LogP contribution in [0.3, 0.4) is 0 Å². The Kier molecular flexibility index (Phi) is 6.12. The fourth-order valence-electron chi connectivity index (χ4n) is 3.81. The summed E-state index contributed by atoms with van der Waals surface area (Å²) in [6.07, 6.45) is 6.91. The van der Waals surface area contributed by atoms with Gasteiger partial charge in [0.15, 0.2) is 0 Å². The number of hydrogen-bond donors (Lipinski definition) is 1. The van der Waals surface area contributed by atoms with E-state index in [4.69, 9.17) is 4.74 Å². The zero-order valence-corrected chi connectivity index (χ0v) is 15.5. The first-order valence-corrected chi connectivity index (χ1v) is 9.11. The number of rotatable bonds is 3. The number of allylic oxidation sites excluding steroid dienone is 2. The third kappa shape index (κ3) is 6.17. The number of ether oxygens (including phenoxy) is 1. The lowest BCUT2D eigenvalue weighted by atomic mass is 9.83. The van der Waals surface area contributed by atoms with Gasteiger partial charge in [-0.1, -0.05) is 18.6 Å². The predicted molar refractivity (Wildman–Crippen MR) is 94.5 cm³/mol. The molecule has 132 valence electrons. The summed E-state index contributed by atoms with van der Waals surface area (Å²) in [5, 5.41) is 3.70. The highest BCUT2D eigenvalue weighted by Gasteiger charge is 2.28. The van der Waals surface area contributed by atoms with Crippen LogP contribution in [-0.4, -0.2) is 42.3 Å². The Hall–Kier alpha value is -1.03. The van der Waals surface area contributed by atoms with Crippen LogP contribution in [0.1, 0.15) is 60.3 Å². The van der Waals surface area contributed by atoms with Crippen molar-refractivity contribution in [2.24, 2.45) is 11.8 Å².